The molecular formula is C23H32N2O3. The molecule has 1 unspecified atom stereocenters. The highest BCUT2D eigenvalue weighted by molar-refractivity contribution is 5.56. The SMILES string of the molecule is COc1ccc(CN(Cc2ccc3c(c2)CCCN3C)CC(C)O)cc1OC. The Kier molecular flexibility index (Phi) is 6.81. The van der Waals surface area contributed by atoms with Gasteiger partial charge in [-0.15, -0.1) is 0 Å². The minimum absolute atomic E-state index is 0.385. The summed E-state index contributed by atoms with van der Waals surface area (Å²) in [6.45, 7) is 5.12. The van der Waals surface area contributed by atoms with Crippen LogP contribution in [0.3, 0.4) is 0 Å². The lowest BCUT2D eigenvalue weighted by Crippen LogP contribution is -2.30. The molecule has 0 aliphatic carbocycles. The smallest absolute Gasteiger partial charge is 0.161 e. The maximum atomic E-state index is 10.00. The van der Waals surface area contributed by atoms with Crippen LogP contribution in [0.2, 0.25) is 0 Å². The van der Waals surface area contributed by atoms with Gasteiger partial charge in [0.1, 0.15) is 0 Å². The monoisotopic (exact) mass is 384 g/mol. The summed E-state index contributed by atoms with van der Waals surface area (Å²) in [5.41, 5.74) is 5.19. The third-order valence-corrected chi connectivity index (χ3v) is 5.28. The van der Waals surface area contributed by atoms with Crippen molar-refractivity contribution in [1.29, 1.82) is 0 Å². The van der Waals surface area contributed by atoms with E-state index in [4.69, 9.17) is 9.47 Å². The van der Waals surface area contributed by atoms with Crippen molar-refractivity contribution in [3.05, 3.63) is 53.1 Å². The predicted octanol–water partition coefficient (Wildman–Crippen LogP) is 3.47. The van der Waals surface area contributed by atoms with Crippen molar-refractivity contribution in [2.24, 2.45) is 0 Å². The Morgan fingerprint density at radius 3 is 2.39 bits per heavy atom. The van der Waals surface area contributed by atoms with Gasteiger partial charge in [0.05, 0.1) is 20.3 Å². The number of methoxy groups -OCH3 is 2. The first-order valence-electron chi connectivity index (χ1n) is 9.94. The zero-order chi connectivity index (χ0) is 20.1. The molecule has 0 saturated heterocycles. The van der Waals surface area contributed by atoms with E-state index in [9.17, 15) is 5.11 Å². The summed E-state index contributed by atoms with van der Waals surface area (Å²) in [4.78, 5) is 4.61. The van der Waals surface area contributed by atoms with E-state index in [1.54, 1.807) is 14.2 Å². The third kappa shape index (κ3) is 4.97. The van der Waals surface area contributed by atoms with Gasteiger partial charge in [-0.3, -0.25) is 4.90 Å². The highest BCUT2D eigenvalue weighted by Gasteiger charge is 2.16. The number of nitrogens with zero attached hydrogens (tertiary/aromatic N) is 2. The molecule has 5 heteroatoms. The number of anilines is 1. The van der Waals surface area contributed by atoms with E-state index in [1.165, 1.54) is 23.2 Å². The summed E-state index contributed by atoms with van der Waals surface area (Å²) in [7, 11) is 5.46. The Morgan fingerprint density at radius 1 is 1.04 bits per heavy atom. The topological polar surface area (TPSA) is 45.2 Å². The molecule has 2 aromatic rings. The first kappa shape index (κ1) is 20.5. The molecule has 1 N–H and O–H groups in total. The highest BCUT2D eigenvalue weighted by Crippen LogP contribution is 2.29. The van der Waals surface area contributed by atoms with E-state index >= 15 is 0 Å². The maximum absolute atomic E-state index is 10.00. The standard InChI is InChI=1S/C23H32N2O3/c1-17(26)14-25(16-19-8-10-22(27-3)23(13-19)28-4)15-18-7-9-21-20(12-18)6-5-11-24(21)2/h7-10,12-13,17,26H,5-6,11,14-16H2,1-4H3. The highest BCUT2D eigenvalue weighted by atomic mass is 16.5. The fraction of sp³-hybridized carbons (Fsp3) is 0.478. The van der Waals surface area contributed by atoms with E-state index < -0.39 is 0 Å². The molecule has 152 valence electrons. The predicted molar refractivity (Wildman–Crippen MR) is 113 cm³/mol. The largest absolute Gasteiger partial charge is 0.493 e. The molecule has 0 saturated carbocycles. The zero-order valence-corrected chi connectivity index (χ0v) is 17.4. The van der Waals surface area contributed by atoms with E-state index in [0.29, 0.717) is 6.54 Å². The van der Waals surface area contributed by atoms with Crippen LogP contribution in [-0.4, -0.2) is 50.5 Å². The lowest BCUT2D eigenvalue weighted by atomic mass is 9.99. The van der Waals surface area contributed by atoms with Crippen LogP contribution in [0.15, 0.2) is 36.4 Å². The fourth-order valence-corrected chi connectivity index (χ4v) is 3.99. The van der Waals surface area contributed by atoms with Crippen LogP contribution in [0.4, 0.5) is 5.69 Å². The number of fused-ring (bicyclic) bond motifs is 1. The van der Waals surface area contributed by atoms with Crippen molar-refractivity contribution >= 4 is 5.69 Å². The first-order valence-corrected chi connectivity index (χ1v) is 9.94. The van der Waals surface area contributed by atoms with Gasteiger partial charge in [0.15, 0.2) is 11.5 Å². The van der Waals surface area contributed by atoms with Crippen molar-refractivity contribution in [2.45, 2.75) is 39.0 Å². The van der Waals surface area contributed by atoms with E-state index in [1.807, 2.05) is 19.1 Å². The van der Waals surface area contributed by atoms with Crippen LogP contribution in [-0.2, 0) is 19.5 Å². The molecule has 0 fully saturated rings. The molecule has 2 aromatic carbocycles. The summed E-state index contributed by atoms with van der Waals surface area (Å²) in [5, 5.41) is 10.00. The quantitative estimate of drug-likeness (QED) is 0.755. The number of rotatable bonds is 8. The molecule has 1 aliphatic rings. The molecule has 0 radical (unpaired) electrons. The number of aliphatic hydroxyl groups excluding tert-OH is 1. The number of hydrogen-bond donors (Lipinski definition) is 1. The second kappa shape index (κ2) is 9.30. The normalized spacial score (nSPS) is 14.7. The van der Waals surface area contributed by atoms with Crippen LogP contribution < -0.4 is 14.4 Å². The average Bonchev–Trinajstić information content (AvgIpc) is 2.67. The Labute approximate surface area is 168 Å². The van der Waals surface area contributed by atoms with Crippen molar-refractivity contribution in [3.63, 3.8) is 0 Å². The maximum Gasteiger partial charge on any atom is 0.161 e. The lowest BCUT2D eigenvalue weighted by Gasteiger charge is -2.29. The Morgan fingerprint density at radius 2 is 1.71 bits per heavy atom. The number of ether oxygens (including phenoxy) is 2. The summed E-state index contributed by atoms with van der Waals surface area (Å²) in [6.07, 6.45) is 1.96. The van der Waals surface area contributed by atoms with Crippen LogP contribution in [0, 0.1) is 0 Å². The number of benzene rings is 2. The molecule has 0 amide bonds. The second-order valence-corrected chi connectivity index (χ2v) is 7.70. The summed E-state index contributed by atoms with van der Waals surface area (Å²) in [5.74, 6) is 1.46. The van der Waals surface area contributed by atoms with E-state index in [2.05, 4.69) is 41.1 Å². The molecular weight excluding hydrogens is 352 g/mol. The van der Waals surface area contributed by atoms with Gasteiger partial charge in [-0.05, 0) is 54.7 Å². The number of aliphatic hydroxyl groups is 1. The van der Waals surface area contributed by atoms with E-state index in [0.717, 1.165) is 43.1 Å². The van der Waals surface area contributed by atoms with Crippen molar-refractivity contribution in [3.8, 4) is 11.5 Å². The first-order chi connectivity index (χ1) is 13.5. The zero-order valence-electron chi connectivity index (χ0n) is 17.4. The number of aryl methyl sites for hydroxylation is 1. The molecule has 0 aromatic heterocycles. The van der Waals surface area contributed by atoms with Gasteiger partial charge in [0.2, 0.25) is 0 Å². The van der Waals surface area contributed by atoms with E-state index in [-0.39, 0.29) is 6.10 Å². The van der Waals surface area contributed by atoms with Crippen LogP contribution in [0.25, 0.3) is 0 Å². The van der Waals surface area contributed by atoms with Crippen molar-refractivity contribution in [2.75, 3.05) is 39.3 Å². The number of hydrogen-bond acceptors (Lipinski definition) is 5. The van der Waals surface area contributed by atoms with Gasteiger partial charge < -0.3 is 19.5 Å². The van der Waals surface area contributed by atoms with Crippen molar-refractivity contribution in [1.82, 2.24) is 4.90 Å². The van der Waals surface area contributed by atoms with Gasteiger partial charge in [0.25, 0.3) is 0 Å². The molecule has 0 spiro atoms. The Bertz CT molecular complexity index is 791. The van der Waals surface area contributed by atoms with Crippen LogP contribution in [0.5, 0.6) is 11.5 Å². The molecule has 5 nitrogen and oxygen atoms in total. The van der Waals surface area contributed by atoms with Gasteiger partial charge >= 0.3 is 0 Å². The summed E-state index contributed by atoms with van der Waals surface area (Å²) in [6, 6.07) is 12.8. The minimum atomic E-state index is -0.385. The van der Waals surface area contributed by atoms with Crippen LogP contribution >= 0.6 is 0 Å². The Hall–Kier alpha value is -2.24. The van der Waals surface area contributed by atoms with Crippen LogP contribution in [0.1, 0.15) is 30.0 Å². The van der Waals surface area contributed by atoms with Gasteiger partial charge in [-0.25, -0.2) is 0 Å². The molecule has 1 heterocycles. The molecule has 1 atom stereocenters. The Balaban J connectivity index is 1.77. The lowest BCUT2D eigenvalue weighted by molar-refractivity contribution is 0.118. The fourth-order valence-electron chi connectivity index (χ4n) is 3.99. The third-order valence-electron chi connectivity index (χ3n) is 5.28. The second-order valence-electron chi connectivity index (χ2n) is 7.70. The van der Waals surface area contributed by atoms with Gasteiger partial charge in [-0.2, -0.15) is 0 Å². The van der Waals surface area contributed by atoms with Crippen molar-refractivity contribution < 1.29 is 14.6 Å². The summed E-state index contributed by atoms with van der Waals surface area (Å²) >= 11 is 0. The molecule has 0 bridgehead atoms. The summed E-state index contributed by atoms with van der Waals surface area (Å²) < 4.78 is 10.8. The molecule has 3 rings (SSSR count). The van der Waals surface area contributed by atoms with Gasteiger partial charge in [0, 0.05) is 38.9 Å². The molecule has 28 heavy (non-hydrogen) atoms. The average molecular weight is 385 g/mol. The molecule has 1 aliphatic heterocycles. The van der Waals surface area contributed by atoms with Gasteiger partial charge in [-0.1, -0.05) is 18.2 Å². The minimum Gasteiger partial charge on any atom is -0.493 e.